The SMILES string of the molecule is CC1(C)c2ccc(-c3nc(-c4ccccn4)nc(-c4ccccn4)n3)cc2-c2ccc3c(c21)-c1ccccc1CCC3. The van der Waals surface area contributed by atoms with Crippen LogP contribution in [-0.4, -0.2) is 24.9 Å². The quantitative estimate of drug-likeness (QED) is 0.225. The van der Waals surface area contributed by atoms with Crippen molar-refractivity contribution in [1.82, 2.24) is 24.9 Å². The second kappa shape index (κ2) is 9.52. The number of nitrogens with zero attached hydrogens (tertiary/aromatic N) is 5. The van der Waals surface area contributed by atoms with E-state index in [2.05, 4.69) is 78.4 Å². The minimum Gasteiger partial charge on any atom is -0.253 e. The van der Waals surface area contributed by atoms with Crippen molar-refractivity contribution in [3.63, 3.8) is 0 Å². The van der Waals surface area contributed by atoms with Crippen LogP contribution in [0.1, 0.15) is 42.5 Å². The first kappa shape index (κ1) is 24.7. The molecule has 3 aromatic carbocycles. The van der Waals surface area contributed by atoms with Crippen LogP contribution in [0, 0.1) is 0 Å². The number of fused-ring (bicyclic) bond motifs is 7. The molecule has 202 valence electrons. The predicted octanol–water partition coefficient (Wildman–Crippen LogP) is 8.12. The van der Waals surface area contributed by atoms with Gasteiger partial charge in [-0.25, -0.2) is 15.0 Å². The van der Waals surface area contributed by atoms with Crippen LogP contribution in [-0.2, 0) is 18.3 Å². The van der Waals surface area contributed by atoms with Gasteiger partial charge in [0.2, 0.25) is 0 Å². The molecule has 8 rings (SSSR count). The van der Waals surface area contributed by atoms with Crippen molar-refractivity contribution in [2.45, 2.75) is 38.5 Å². The lowest BCUT2D eigenvalue weighted by atomic mass is 9.77. The number of pyridine rings is 2. The molecule has 6 aromatic rings. The highest BCUT2D eigenvalue weighted by Gasteiger charge is 2.39. The fourth-order valence-corrected chi connectivity index (χ4v) is 6.80. The number of aryl methyl sites for hydroxylation is 2. The zero-order valence-electron chi connectivity index (χ0n) is 23.7. The smallest absolute Gasteiger partial charge is 0.182 e. The Kier molecular flexibility index (Phi) is 5.61. The molecule has 0 atom stereocenters. The van der Waals surface area contributed by atoms with Crippen LogP contribution in [0.15, 0.2) is 103 Å². The molecule has 5 nitrogen and oxygen atoms in total. The maximum atomic E-state index is 4.92. The Morgan fingerprint density at radius 3 is 1.95 bits per heavy atom. The normalized spacial score (nSPS) is 14.3. The van der Waals surface area contributed by atoms with Gasteiger partial charge >= 0.3 is 0 Å². The molecule has 0 saturated carbocycles. The molecule has 0 saturated heterocycles. The van der Waals surface area contributed by atoms with Gasteiger partial charge in [0, 0.05) is 23.4 Å². The van der Waals surface area contributed by atoms with E-state index in [0.717, 1.165) is 18.4 Å². The first-order chi connectivity index (χ1) is 20.6. The summed E-state index contributed by atoms with van der Waals surface area (Å²) in [5, 5.41) is 0. The molecule has 0 radical (unpaired) electrons. The van der Waals surface area contributed by atoms with E-state index in [4.69, 9.17) is 15.0 Å². The zero-order chi connectivity index (χ0) is 28.3. The van der Waals surface area contributed by atoms with Crippen molar-refractivity contribution in [1.29, 1.82) is 0 Å². The summed E-state index contributed by atoms with van der Waals surface area (Å²) in [6, 6.07) is 31.9. The van der Waals surface area contributed by atoms with Gasteiger partial charge in [0.25, 0.3) is 0 Å². The van der Waals surface area contributed by atoms with Gasteiger partial charge in [-0.15, -0.1) is 0 Å². The molecule has 0 fully saturated rings. The van der Waals surface area contributed by atoms with E-state index in [9.17, 15) is 0 Å². The third-order valence-corrected chi connectivity index (χ3v) is 8.76. The summed E-state index contributed by atoms with van der Waals surface area (Å²) < 4.78 is 0. The molecule has 3 heterocycles. The maximum Gasteiger partial charge on any atom is 0.182 e. The Morgan fingerprint density at radius 1 is 0.571 bits per heavy atom. The van der Waals surface area contributed by atoms with Crippen LogP contribution >= 0.6 is 0 Å². The summed E-state index contributed by atoms with van der Waals surface area (Å²) in [6.45, 7) is 4.73. The van der Waals surface area contributed by atoms with Crippen LogP contribution in [0.2, 0.25) is 0 Å². The second-order valence-electron chi connectivity index (χ2n) is 11.7. The summed E-state index contributed by atoms with van der Waals surface area (Å²) in [5.74, 6) is 1.68. The van der Waals surface area contributed by atoms with E-state index in [1.807, 2.05) is 36.4 Å². The molecule has 0 bridgehead atoms. The Labute approximate surface area is 245 Å². The number of hydrogen-bond acceptors (Lipinski definition) is 5. The minimum atomic E-state index is -0.136. The fourth-order valence-electron chi connectivity index (χ4n) is 6.80. The second-order valence-corrected chi connectivity index (χ2v) is 11.7. The lowest BCUT2D eigenvalue weighted by Crippen LogP contribution is -2.17. The number of benzene rings is 3. The van der Waals surface area contributed by atoms with Gasteiger partial charge in [-0.1, -0.05) is 74.5 Å². The highest BCUT2D eigenvalue weighted by molar-refractivity contribution is 5.92. The van der Waals surface area contributed by atoms with E-state index in [1.165, 1.54) is 50.9 Å². The van der Waals surface area contributed by atoms with Crippen LogP contribution in [0.25, 0.3) is 56.7 Å². The molecule has 3 aromatic heterocycles. The first-order valence-corrected chi connectivity index (χ1v) is 14.6. The molecule has 5 heteroatoms. The Balaban J connectivity index is 1.33. The molecule has 2 aliphatic rings. The van der Waals surface area contributed by atoms with E-state index < -0.39 is 0 Å². The Morgan fingerprint density at radius 2 is 1.24 bits per heavy atom. The summed E-state index contributed by atoms with van der Waals surface area (Å²) in [4.78, 5) is 23.6. The van der Waals surface area contributed by atoms with Crippen molar-refractivity contribution < 1.29 is 0 Å². The molecule has 2 aliphatic carbocycles. The lowest BCUT2D eigenvalue weighted by Gasteiger charge is -2.26. The monoisotopic (exact) mass is 543 g/mol. The highest BCUT2D eigenvalue weighted by atomic mass is 15.1. The van der Waals surface area contributed by atoms with Crippen LogP contribution in [0.4, 0.5) is 0 Å². The van der Waals surface area contributed by atoms with E-state index in [-0.39, 0.29) is 5.41 Å². The molecule has 0 amide bonds. The van der Waals surface area contributed by atoms with Crippen molar-refractivity contribution in [2.75, 3.05) is 0 Å². The average molecular weight is 544 g/mol. The number of hydrogen-bond donors (Lipinski definition) is 0. The van der Waals surface area contributed by atoms with E-state index >= 15 is 0 Å². The van der Waals surface area contributed by atoms with Crippen LogP contribution < -0.4 is 0 Å². The largest absolute Gasteiger partial charge is 0.253 e. The molecule has 0 unspecified atom stereocenters. The topological polar surface area (TPSA) is 64.5 Å². The van der Waals surface area contributed by atoms with Gasteiger partial charge in [0.05, 0.1) is 0 Å². The third-order valence-electron chi connectivity index (χ3n) is 8.76. The van der Waals surface area contributed by atoms with Crippen molar-refractivity contribution in [3.05, 3.63) is 126 Å². The van der Waals surface area contributed by atoms with Gasteiger partial charge in [0.15, 0.2) is 17.5 Å². The van der Waals surface area contributed by atoms with Gasteiger partial charge < -0.3 is 0 Å². The van der Waals surface area contributed by atoms with Crippen molar-refractivity contribution >= 4 is 0 Å². The maximum absolute atomic E-state index is 4.92. The summed E-state index contributed by atoms with van der Waals surface area (Å²) in [6.07, 6.45) is 6.92. The highest BCUT2D eigenvalue weighted by Crippen LogP contribution is 2.54. The average Bonchev–Trinajstić information content (AvgIpc) is 3.15. The molecule has 0 N–H and O–H groups in total. The van der Waals surface area contributed by atoms with E-state index in [0.29, 0.717) is 28.9 Å². The Bertz CT molecular complexity index is 1920. The predicted molar refractivity (Wildman–Crippen MR) is 167 cm³/mol. The van der Waals surface area contributed by atoms with Crippen molar-refractivity contribution in [3.8, 4) is 56.7 Å². The molecule has 0 spiro atoms. The molecule has 42 heavy (non-hydrogen) atoms. The summed E-state index contributed by atoms with van der Waals surface area (Å²) in [7, 11) is 0. The standard InChI is InChI=1S/C37H29N5/c1-37(2)29-19-17-25(34-40-35(30-14-5-7-20-38-30)42-36(41-34)31-15-6-8-21-39-31)22-28(29)27-18-16-24-12-9-11-23-10-3-4-13-26(23)32(24)33(27)37/h3-8,10,13-22H,9,11-12H2,1-2H3. The van der Waals surface area contributed by atoms with E-state index in [1.54, 1.807) is 12.4 Å². The van der Waals surface area contributed by atoms with Gasteiger partial charge in [-0.05, 0) is 94.1 Å². The van der Waals surface area contributed by atoms with Gasteiger partial charge in [-0.3, -0.25) is 9.97 Å². The van der Waals surface area contributed by atoms with Crippen LogP contribution in [0.5, 0.6) is 0 Å². The lowest BCUT2D eigenvalue weighted by molar-refractivity contribution is 0.661. The molecular formula is C37H29N5. The van der Waals surface area contributed by atoms with Gasteiger partial charge in [-0.2, -0.15) is 0 Å². The summed E-state index contributed by atoms with van der Waals surface area (Å²) in [5.41, 5.74) is 13.3. The molecular weight excluding hydrogens is 514 g/mol. The van der Waals surface area contributed by atoms with Crippen molar-refractivity contribution in [2.24, 2.45) is 0 Å². The molecule has 0 aliphatic heterocycles. The van der Waals surface area contributed by atoms with Crippen LogP contribution in [0.3, 0.4) is 0 Å². The summed E-state index contributed by atoms with van der Waals surface area (Å²) >= 11 is 0. The first-order valence-electron chi connectivity index (χ1n) is 14.6. The van der Waals surface area contributed by atoms with Gasteiger partial charge in [0.1, 0.15) is 11.4 Å². The fraction of sp³-hybridized carbons (Fsp3) is 0.162. The number of aromatic nitrogens is 5. The zero-order valence-corrected chi connectivity index (χ0v) is 23.7. The minimum absolute atomic E-state index is 0.136. The number of rotatable bonds is 3. The third kappa shape index (κ3) is 3.88. The Hall–Kier alpha value is -5.03.